The molecule has 15 heavy (non-hydrogen) atoms. The second kappa shape index (κ2) is 5.30. The van der Waals surface area contributed by atoms with E-state index in [9.17, 15) is 0 Å². The van der Waals surface area contributed by atoms with Gasteiger partial charge in [0.1, 0.15) is 10.2 Å². The van der Waals surface area contributed by atoms with Crippen LogP contribution in [0.3, 0.4) is 0 Å². The molecule has 0 bridgehead atoms. The second-order valence-electron chi connectivity index (χ2n) is 3.07. The number of nitrogen functional groups attached to an aromatic ring is 1. The summed E-state index contributed by atoms with van der Waals surface area (Å²) in [6.07, 6.45) is 0. The van der Waals surface area contributed by atoms with E-state index in [1.54, 1.807) is 0 Å². The van der Waals surface area contributed by atoms with Gasteiger partial charge >= 0.3 is 0 Å². The Bertz CT molecular complexity index is 311. The molecule has 81 valence electrons. The van der Waals surface area contributed by atoms with Crippen LogP contribution in [0.15, 0.2) is 24.3 Å². The molecule has 1 aromatic carbocycles. The van der Waals surface area contributed by atoms with E-state index in [0.29, 0.717) is 18.9 Å². The third kappa shape index (κ3) is 2.81. The van der Waals surface area contributed by atoms with Crippen LogP contribution < -0.4 is 5.73 Å². The molecule has 0 aliphatic carbocycles. The molecule has 1 aromatic rings. The van der Waals surface area contributed by atoms with Crippen molar-refractivity contribution in [3.8, 4) is 0 Å². The number of rotatable bonds is 5. The van der Waals surface area contributed by atoms with Crippen molar-refractivity contribution in [2.45, 2.75) is 19.3 Å². The van der Waals surface area contributed by atoms with Crippen molar-refractivity contribution in [1.82, 2.24) is 0 Å². The molecule has 0 saturated heterocycles. The zero-order valence-corrected chi connectivity index (χ0v) is 10.1. The van der Waals surface area contributed by atoms with Crippen LogP contribution in [0.25, 0.3) is 0 Å². The highest BCUT2D eigenvalue weighted by molar-refractivity contribution is 6.14. The first kappa shape index (κ1) is 12.2. The van der Waals surface area contributed by atoms with Crippen LogP contribution >= 0.6 is 0 Å². The van der Waals surface area contributed by atoms with Crippen LogP contribution in [0.4, 0.5) is 5.69 Å². The molecule has 0 amide bonds. The zero-order chi connectivity index (χ0) is 11.3. The van der Waals surface area contributed by atoms with E-state index in [4.69, 9.17) is 15.2 Å². The van der Waals surface area contributed by atoms with Crippen LogP contribution in [0.2, 0.25) is 0 Å². The van der Waals surface area contributed by atoms with E-state index in [2.05, 4.69) is 10.2 Å². The Morgan fingerprint density at radius 1 is 1.20 bits per heavy atom. The van der Waals surface area contributed by atoms with Crippen molar-refractivity contribution in [2.24, 2.45) is 0 Å². The standard InChI is InChI=1S/C11H16NO2Si/c1-3-13-11(15,14-4-2)9-7-5-6-8-10(9)12/h5-8H,3-4,12H2,1-2H3. The molecule has 0 heterocycles. The SMILES string of the molecule is CCOC([Si])(OCC)c1ccccc1N. The first-order chi connectivity index (χ1) is 7.14. The minimum absolute atomic E-state index is 0.540. The van der Waals surface area contributed by atoms with Gasteiger partial charge in [0.25, 0.3) is 0 Å². The summed E-state index contributed by atoms with van der Waals surface area (Å²) < 4.78 is 11.1. The average Bonchev–Trinajstić information content (AvgIpc) is 2.19. The molecule has 3 nitrogen and oxygen atoms in total. The van der Waals surface area contributed by atoms with E-state index in [-0.39, 0.29) is 0 Å². The van der Waals surface area contributed by atoms with Crippen molar-refractivity contribution in [3.05, 3.63) is 29.8 Å². The maximum absolute atomic E-state index is 5.88. The minimum Gasteiger partial charge on any atom is -0.398 e. The molecule has 2 N–H and O–H groups in total. The smallest absolute Gasteiger partial charge is 0.170 e. The highest BCUT2D eigenvalue weighted by Crippen LogP contribution is 2.28. The lowest BCUT2D eigenvalue weighted by Gasteiger charge is -2.30. The highest BCUT2D eigenvalue weighted by atomic mass is 28.1. The van der Waals surface area contributed by atoms with Gasteiger partial charge in [-0.2, -0.15) is 0 Å². The van der Waals surface area contributed by atoms with E-state index < -0.39 is 5.41 Å². The number of para-hydroxylation sites is 1. The molecule has 0 aliphatic rings. The largest absolute Gasteiger partial charge is 0.398 e. The van der Waals surface area contributed by atoms with Crippen molar-refractivity contribution < 1.29 is 9.47 Å². The van der Waals surface area contributed by atoms with Gasteiger partial charge in [-0.3, -0.25) is 0 Å². The number of anilines is 1. The normalized spacial score (nSPS) is 11.7. The maximum atomic E-state index is 5.88. The van der Waals surface area contributed by atoms with Crippen molar-refractivity contribution in [3.63, 3.8) is 0 Å². The summed E-state index contributed by atoms with van der Waals surface area (Å²) in [5.74, 6) is 0. The van der Waals surface area contributed by atoms with Crippen LogP contribution in [0.1, 0.15) is 19.4 Å². The number of hydrogen-bond donors (Lipinski definition) is 1. The minimum atomic E-state index is -0.936. The molecule has 4 heteroatoms. The van der Waals surface area contributed by atoms with E-state index in [0.717, 1.165) is 5.56 Å². The highest BCUT2D eigenvalue weighted by Gasteiger charge is 2.29. The number of ether oxygens (including phenoxy) is 2. The number of benzene rings is 1. The molecule has 3 radical (unpaired) electrons. The molecule has 0 fully saturated rings. The van der Waals surface area contributed by atoms with Crippen molar-refractivity contribution in [2.75, 3.05) is 18.9 Å². The molecule has 0 atom stereocenters. The van der Waals surface area contributed by atoms with Crippen LogP contribution in [-0.4, -0.2) is 23.5 Å². The number of nitrogens with two attached hydrogens (primary N) is 1. The van der Waals surface area contributed by atoms with Gasteiger partial charge in [0.05, 0.1) is 0 Å². The van der Waals surface area contributed by atoms with Gasteiger partial charge in [-0.15, -0.1) is 0 Å². The molecule has 1 rings (SSSR count). The van der Waals surface area contributed by atoms with Gasteiger partial charge in [0.2, 0.25) is 0 Å². The van der Waals surface area contributed by atoms with Crippen molar-refractivity contribution in [1.29, 1.82) is 0 Å². The first-order valence-corrected chi connectivity index (χ1v) is 5.52. The van der Waals surface area contributed by atoms with Crippen molar-refractivity contribution >= 4 is 15.9 Å². The summed E-state index contributed by atoms with van der Waals surface area (Å²) in [5, 5.41) is 0. The summed E-state index contributed by atoms with van der Waals surface area (Å²) in [6.45, 7) is 4.90. The lowest BCUT2D eigenvalue weighted by molar-refractivity contribution is -0.179. The Balaban J connectivity index is 3.03. The Morgan fingerprint density at radius 2 is 1.73 bits per heavy atom. The van der Waals surface area contributed by atoms with Gasteiger partial charge in [-0.1, -0.05) is 18.2 Å². The average molecular weight is 222 g/mol. The Hall–Kier alpha value is -0.843. The molecule has 0 saturated carbocycles. The van der Waals surface area contributed by atoms with Gasteiger partial charge < -0.3 is 15.2 Å². The van der Waals surface area contributed by atoms with Crippen LogP contribution in [0.5, 0.6) is 0 Å². The summed E-state index contributed by atoms with van der Waals surface area (Å²) in [4.78, 5) is 0. The molecular formula is C11H16NO2Si. The molecule has 0 spiro atoms. The van der Waals surface area contributed by atoms with Gasteiger partial charge in [-0.05, 0) is 19.9 Å². The summed E-state index contributed by atoms with van der Waals surface area (Å²) in [7, 11) is 3.50. The van der Waals surface area contributed by atoms with Gasteiger partial charge in [0.15, 0.2) is 5.41 Å². The van der Waals surface area contributed by atoms with E-state index in [1.165, 1.54) is 0 Å². The van der Waals surface area contributed by atoms with Crippen LogP contribution in [0, 0.1) is 0 Å². The summed E-state index contributed by atoms with van der Waals surface area (Å²) in [5.41, 5.74) is 6.38. The fourth-order valence-corrected chi connectivity index (χ4v) is 1.92. The fourth-order valence-electron chi connectivity index (χ4n) is 1.40. The first-order valence-electron chi connectivity index (χ1n) is 5.02. The molecule has 0 aliphatic heterocycles. The Labute approximate surface area is 94.0 Å². The Kier molecular flexibility index (Phi) is 4.32. The van der Waals surface area contributed by atoms with Gasteiger partial charge in [-0.25, -0.2) is 0 Å². The Morgan fingerprint density at radius 3 is 2.20 bits per heavy atom. The topological polar surface area (TPSA) is 44.5 Å². The monoisotopic (exact) mass is 222 g/mol. The molecule has 0 unspecified atom stereocenters. The zero-order valence-electron chi connectivity index (χ0n) is 9.12. The lowest BCUT2D eigenvalue weighted by Crippen LogP contribution is -2.34. The maximum Gasteiger partial charge on any atom is 0.170 e. The lowest BCUT2D eigenvalue weighted by atomic mass is 10.1. The van der Waals surface area contributed by atoms with Crippen LogP contribution in [-0.2, 0) is 14.9 Å². The number of hydrogen-bond acceptors (Lipinski definition) is 3. The second-order valence-corrected chi connectivity index (χ2v) is 3.73. The fraction of sp³-hybridized carbons (Fsp3) is 0.455. The van der Waals surface area contributed by atoms with Gasteiger partial charge in [0, 0.05) is 24.5 Å². The quantitative estimate of drug-likeness (QED) is 0.468. The predicted octanol–water partition coefficient (Wildman–Crippen LogP) is 1.62. The van der Waals surface area contributed by atoms with E-state index >= 15 is 0 Å². The summed E-state index contributed by atoms with van der Waals surface area (Å²) >= 11 is 0. The third-order valence-corrected chi connectivity index (χ3v) is 2.57. The third-order valence-electron chi connectivity index (χ3n) is 2.01. The molecular weight excluding hydrogens is 206 g/mol. The summed E-state index contributed by atoms with van der Waals surface area (Å²) in [6, 6.07) is 7.48. The predicted molar refractivity (Wildman–Crippen MR) is 61.5 cm³/mol. The van der Waals surface area contributed by atoms with E-state index in [1.807, 2.05) is 38.1 Å². The molecule has 0 aromatic heterocycles.